The summed E-state index contributed by atoms with van der Waals surface area (Å²) in [6.07, 6.45) is 12.9. The molecule has 4 rings (SSSR count). The van der Waals surface area contributed by atoms with E-state index in [1.807, 2.05) is 46.1 Å². The first kappa shape index (κ1) is 32.2. The van der Waals surface area contributed by atoms with Crippen LogP contribution in [0, 0.1) is 25.2 Å². The summed E-state index contributed by atoms with van der Waals surface area (Å²) in [4.78, 5) is 17.3. The number of nitrogens with zero attached hydrogens (tertiary/aromatic N) is 2. The molecule has 0 saturated heterocycles. The van der Waals surface area contributed by atoms with Crippen LogP contribution < -0.4 is 16.6 Å². The van der Waals surface area contributed by atoms with Crippen LogP contribution in [0.4, 0.5) is 11.4 Å². The molecule has 7 heteroatoms. The van der Waals surface area contributed by atoms with Crippen molar-refractivity contribution in [3.63, 3.8) is 0 Å². The van der Waals surface area contributed by atoms with E-state index in [2.05, 4.69) is 46.6 Å². The Balaban J connectivity index is 0.00000226. The van der Waals surface area contributed by atoms with Crippen LogP contribution in [0.1, 0.15) is 106 Å². The van der Waals surface area contributed by atoms with Crippen LogP contribution in [0.25, 0.3) is 0 Å². The average molecular weight is 562 g/mol. The van der Waals surface area contributed by atoms with Crippen LogP contribution in [0.5, 0.6) is 0 Å². The smallest absolute Gasteiger partial charge is 0.310 e. The molecule has 41 heavy (non-hydrogen) atoms. The highest BCUT2D eigenvalue weighted by atomic mass is 16.4. The predicted molar refractivity (Wildman–Crippen MR) is 171 cm³/mol. The van der Waals surface area contributed by atoms with Gasteiger partial charge in [0.2, 0.25) is 0 Å². The van der Waals surface area contributed by atoms with Crippen LogP contribution in [-0.4, -0.2) is 27.7 Å². The van der Waals surface area contributed by atoms with E-state index < -0.39 is 11.4 Å². The van der Waals surface area contributed by atoms with E-state index in [9.17, 15) is 9.90 Å². The molecule has 1 aliphatic carbocycles. The van der Waals surface area contributed by atoms with Gasteiger partial charge in [-0.1, -0.05) is 76.6 Å². The molecular formula is C34H51N5O2. The van der Waals surface area contributed by atoms with Gasteiger partial charge in [-0.05, 0) is 67.5 Å². The van der Waals surface area contributed by atoms with E-state index in [1.54, 1.807) is 13.8 Å². The number of nitrogens with two attached hydrogens (primary N) is 1. The van der Waals surface area contributed by atoms with Gasteiger partial charge in [-0.3, -0.25) is 10.6 Å². The zero-order valence-electron chi connectivity index (χ0n) is 26.2. The molecule has 0 radical (unpaired) electrons. The normalized spacial score (nSPS) is 14.9. The van der Waals surface area contributed by atoms with Crippen molar-refractivity contribution in [3.05, 3.63) is 76.4 Å². The number of nitrogens with one attached hydrogen (secondary N) is 2. The maximum Gasteiger partial charge on any atom is 0.310 e. The van der Waals surface area contributed by atoms with E-state index in [0.717, 1.165) is 46.9 Å². The van der Waals surface area contributed by atoms with E-state index >= 15 is 0 Å². The van der Waals surface area contributed by atoms with Crippen LogP contribution in [0.2, 0.25) is 0 Å². The van der Waals surface area contributed by atoms with Gasteiger partial charge in [-0.15, -0.1) is 0 Å². The summed E-state index contributed by atoms with van der Waals surface area (Å²) < 4.78 is 2.28. The highest BCUT2D eigenvalue weighted by Crippen LogP contribution is 2.45. The molecule has 2 aromatic carbocycles. The number of benzene rings is 2. The Morgan fingerprint density at radius 2 is 1.80 bits per heavy atom. The minimum atomic E-state index is -1.05. The first-order valence-corrected chi connectivity index (χ1v) is 15.3. The van der Waals surface area contributed by atoms with Crippen LogP contribution in [0.3, 0.4) is 0 Å². The summed E-state index contributed by atoms with van der Waals surface area (Å²) in [7, 11) is 1.85. The number of aliphatic carboxylic acids is 1. The molecule has 3 aromatic rings. The van der Waals surface area contributed by atoms with Crippen molar-refractivity contribution in [2.75, 3.05) is 17.8 Å². The van der Waals surface area contributed by atoms with Crippen LogP contribution in [0.15, 0.2) is 42.7 Å². The molecular weight excluding hydrogens is 510 g/mol. The van der Waals surface area contributed by atoms with Crippen LogP contribution >= 0.6 is 0 Å². The molecule has 1 saturated carbocycles. The maximum atomic E-state index is 12.6. The SMILES string of the molecule is CC.CNc1ccc([C@H](c2ccc(C)c(Cn3ccnc3CC3CCCCCC3)c2)C(C)(C)C(=O)O)c(C)c1NN. The number of hydrazine groups is 1. The molecule has 1 heterocycles. The fraction of sp³-hybridized carbons (Fsp3) is 0.529. The third kappa shape index (κ3) is 7.31. The highest BCUT2D eigenvalue weighted by molar-refractivity contribution is 5.79. The molecule has 0 unspecified atom stereocenters. The van der Waals surface area contributed by atoms with Gasteiger partial charge in [0.15, 0.2) is 0 Å². The fourth-order valence-electron chi connectivity index (χ4n) is 6.27. The number of carbonyl (C=O) groups is 1. The van der Waals surface area contributed by atoms with Crippen molar-refractivity contribution in [2.24, 2.45) is 17.2 Å². The molecule has 5 N–H and O–H groups in total. The lowest BCUT2D eigenvalue weighted by atomic mass is 9.69. The second-order valence-corrected chi connectivity index (χ2v) is 11.8. The van der Waals surface area contributed by atoms with Crippen molar-refractivity contribution < 1.29 is 9.90 Å². The van der Waals surface area contributed by atoms with E-state index in [4.69, 9.17) is 10.8 Å². The quantitative estimate of drug-likeness (QED) is 0.115. The van der Waals surface area contributed by atoms with E-state index in [-0.39, 0.29) is 5.92 Å². The first-order chi connectivity index (χ1) is 19.7. The third-order valence-electron chi connectivity index (χ3n) is 8.80. The number of hydrogen-bond acceptors (Lipinski definition) is 5. The highest BCUT2D eigenvalue weighted by Gasteiger charge is 2.40. The predicted octanol–water partition coefficient (Wildman–Crippen LogP) is 7.66. The Morgan fingerprint density at radius 3 is 2.41 bits per heavy atom. The summed E-state index contributed by atoms with van der Waals surface area (Å²) in [5.41, 5.74) is 8.64. The third-order valence-corrected chi connectivity index (χ3v) is 8.80. The number of carboxylic acids is 1. The second kappa shape index (κ2) is 14.5. The minimum Gasteiger partial charge on any atom is -0.481 e. The van der Waals surface area contributed by atoms with Gasteiger partial charge in [-0.25, -0.2) is 4.98 Å². The first-order valence-electron chi connectivity index (χ1n) is 15.3. The van der Waals surface area contributed by atoms with Crippen molar-refractivity contribution in [3.8, 4) is 0 Å². The minimum absolute atomic E-state index is 0.374. The number of anilines is 2. The van der Waals surface area contributed by atoms with E-state index in [1.165, 1.54) is 49.7 Å². The van der Waals surface area contributed by atoms with Gasteiger partial charge < -0.3 is 20.4 Å². The van der Waals surface area contributed by atoms with E-state index in [0.29, 0.717) is 5.92 Å². The monoisotopic (exact) mass is 561 g/mol. The van der Waals surface area contributed by atoms with Crippen molar-refractivity contribution >= 4 is 17.3 Å². The number of rotatable bonds is 10. The Kier molecular flexibility index (Phi) is 11.4. The maximum absolute atomic E-state index is 12.6. The molecule has 7 nitrogen and oxygen atoms in total. The molecule has 224 valence electrons. The van der Waals surface area contributed by atoms with Gasteiger partial charge in [0.25, 0.3) is 0 Å². The topological polar surface area (TPSA) is 105 Å². The Bertz CT molecular complexity index is 1290. The zero-order valence-corrected chi connectivity index (χ0v) is 26.2. The molecule has 0 spiro atoms. The molecule has 1 aliphatic rings. The summed E-state index contributed by atoms with van der Waals surface area (Å²) in [5.74, 6) is 6.53. The Hall–Kier alpha value is -3.32. The lowest BCUT2D eigenvalue weighted by Gasteiger charge is -2.34. The van der Waals surface area contributed by atoms with Gasteiger partial charge in [0.1, 0.15) is 5.82 Å². The zero-order chi connectivity index (χ0) is 30.2. The summed E-state index contributed by atoms with van der Waals surface area (Å²) in [6.45, 7) is 12.5. The van der Waals surface area contributed by atoms with Crippen molar-refractivity contribution in [2.45, 2.75) is 99.0 Å². The molecule has 1 fully saturated rings. The van der Waals surface area contributed by atoms with Crippen molar-refractivity contribution in [1.82, 2.24) is 9.55 Å². The molecule has 0 aliphatic heterocycles. The second-order valence-electron chi connectivity index (χ2n) is 11.8. The Morgan fingerprint density at radius 1 is 1.12 bits per heavy atom. The molecule has 0 bridgehead atoms. The average Bonchev–Trinajstić information content (AvgIpc) is 3.22. The van der Waals surface area contributed by atoms with Crippen molar-refractivity contribution in [1.29, 1.82) is 0 Å². The fourth-order valence-corrected chi connectivity index (χ4v) is 6.27. The lowest BCUT2D eigenvalue weighted by Crippen LogP contribution is -2.33. The standard InChI is InChI=1S/C32H45N5O2.C2H6/c1-21-12-13-24(19-25(21)20-37-17-16-35-28(37)18-23-10-8-6-7-9-11-23)29(32(3,4)31(38)39)26-14-15-27(34-5)30(36-33)22(26)2;1-2/h12-17,19,23,29,34,36H,6-11,18,20,33H2,1-5H3,(H,38,39);1-2H3/t29-;/m0./s1. The number of nitrogen functional groups attached to an aromatic ring is 1. The summed E-state index contributed by atoms with van der Waals surface area (Å²) in [6, 6.07) is 10.4. The number of aromatic nitrogens is 2. The lowest BCUT2D eigenvalue weighted by molar-refractivity contribution is -0.147. The number of carboxylic acid groups (broad SMARTS) is 1. The number of hydrogen-bond donors (Lipinski definition) is 4. The molecule has 0 amide bonds. The van der Waals surface area contributed by atoms with Gasteiger partial charge in [0, 0.05) is 38.3 Å². The van der Waals surface area contributed by atoms with Gasteiger partial charge >= 0.3 is 5.97 Å². The van der Waals surface area contributed by atoms with Gasteiger partial charge in [0.05, 0.1) is 16.8 Å². The summed E-state index contributed by atoms with van der Waals surface area (Å²) in [5, 5.41) is 13.5. The largest absolute Gasteiger partial charge is 0.481 e. The van der Waals surface area contributed by atoms with Gasteiger partial charge in [-0.2, -0.15) is 0 Å². The molecule has 1 atom stereocenters. The van der Waals surface area contributed by atoms with Crippen LogP contribution in [-0.2, 0) is 17.8 Å². The Labute approximate surface area is 246 Å². The number of aryl methyl sites for hydroxylation is 1. The number of imidazole rings is 1. The summed E-state index contributed by atoms with van der Waals surface area (Å²) >= 11 is 0. The molecule has 1 aromatic heterocycles.